The van der Waals surface area contributed by atoms with E-state index in [1.807, 2.05) is 37.5 Å². The van der Waals surface area contributed by atoms with Crippen LogP contribution in [0.25, 0.3) is 22.2 Å². The summed E-state index contributed by atoms with van der Waals surface area (Å²) in [6, 6.07) is 7.56. The van der Waals surface area contributed by atoms with Crippen molar-refractivity contribution < 1.29 is 13.3 Å². The Morgan fingerprint density at radius 2 is 1.82 bits per heavy atom. The van der Waals surface area contributed by atoms with Crippen LogP contribution in [0.1, 0.15) is 23.9 Å². The second-order valence-corrected chi connectivity index (χ2v) is 6.77. The molecule has 144 valence electrons. The van der Waals surface area contributed by atoms with Gasteiger partial charge in [0.2, 0.25) is 0 Å². The molecular formula is C21H20F2N4O. The molecule has 4 rings (SSSR count). The molecule has 0 saturated heterocycles. The molecule has 0 amide bonds. The highest BCUT2D eigenvalue weighted by Gasteiger charge is 2.16. The molecule has 4 aromatic rings. The van der Waals surface area contributed by atoms with Gasteiger partial charge in [0.1, 0.15) is 22.9 Å². The number of aryl methyl sites for hydroxylation is 2. The lowest BCUT2D eigenvalue weighted by atomic mass is 10.0. The summed E-state index contributed by atoms with van der Waals surface area (Å²) in [5.41, 5.74) is 5.77. The molecule has 2 heterocycles. The van der Waals surface area contributed by atoms with Crippen molar-refractivity contribution in [1.82, 2.24) is 14.7 Å². The maximum Gasteiger partial charge on any atom is 0.141 e. The molecule has 0 saturated carbocycles. The van der Waals surface area contributed by atoms with Gasteiger partial charge in [0, 0.05) is 24.7 Å². The number of fused-ring (bicyclic) bond motifs is 1. The zero-order chi connectivity index (χ0) is 19.8. The number of halogens is 2. The van der Waals surface area contributed by atoms with E-state index in [0.717, 1.165) is 51.9 Å². The van der Waals surface area contributed by atoms with Gasteiger partial charge in [-0.05, 0) is 56.2 Å². The summed E-state index contributed by atoms with van der Waals surface area (Å²) in [6.45, 7) is 6.83. The van der Waals surface area contributed by atoms with E-state index >= 15 is 0 Å². The minimum atomic E-state index is -0.593. The fourth-order valence-electron chi connectivity index (χ4n) is 3.55. The van der Waals surface area contributed by atoms with Crippen molar-refractivity contribution >= 4 is 16.7 Å². The van der Waals surface area contributed by atoms with E-state index in [1.165, 1.54) is 12.1 Å². The average molecular weight is 382 g/mol. The van der Waals surface area contributed by atoms with E-state index in [-0.39, 0.29) is 0 Å². The normalized spacial score (nSPS) is 11.3. The monoisotopic (exact) mass is 382 g/mol. The van der Waals surface area contributed by atoms with Gasteiger partial charge in [-0.1, -0.05) is 5.16 Å². The molecule has 0 aliphatic rings. The summed E-state index contributed by atoms with van der Waals surface area (Å²) < 4.78 is 34.4. The number of rotatable bonds is 5. The van der Waals surface area contributed by atoms with Crippen molar-refractivity contribution in [3.63, 3.8) is 0 Å². The number of imidazole rings is 1. The lowest BCUT2D eigenvalue weighted by Gasteiger charge is -2.11. The molecule has 2 aromatic heterocycles. The Hall–Kier alpha value is -3.22. The quantitative estimate of drug-likeness (QED) is 0.524. The molecule has 0 spiro atoms. The van der Waals surface area contributed by atoms with E-state index in [4.69, 9.17) is 4.52 Å². The van der Waals surface area contributed by atoms with E-state index in [1.54, 1.807) is 6.33 Å². The van der Waals surface area contributed by atoms with Crippen LogP contribution in [0.5, 0.6) is 0 Å². The summed E-state index contributed by atoms with van der Waals surface area (Å²) in [4.78, 5) is 4.52. The highest BCUT2D eigenvalue weighted by molar-refractivity contribution is 5.94. The molecular weight excluding hydrogens is 362 g/mol. The van der Waals surface area contributed by atoms with E-state index in [0.29, 0.717) is 12.1 Å². The Balaban J connectivity index is 1.87. The molecule has 28 heavy (non-hydrogen) atoms. The minimum absolute atomic E-state index is 0.307. The number of nitrogens with one attached hydrogen (secondary N) is 1. The number of hydrogen-bond donors (Lipinski definition) is 1. The van der Waals surface area contributed by atoms with Crippen molar-refractivity contribution in [3.8, 4) is 11.1 Å². The molecule has 2 aromatic carbocycles. The topological polar surface area (TPSA) is 55.9 Å². The fourth-order valence-corrected chi connectivity index (χ4v) is 3.55. The van der Waals surface area contributed by atoms with E-state index in [9.17, 15) is 8.78 Å². The molecule has 0 atom stereocenters. The van der Waals surface area contributed by atoms with Gasteiger partial charge in [0.25, 0.3) is 0 Å². The van der Waals surface area contributed by atoms with Crippen LogP contribution in [0.3, 0.4) is 0 Å². The third-order valence-corrected chi connectivity index (χ3v) is 4.69. The first-order chi connectivity index (χ1) is 13.5. The largest absolute Gasteiger partial charge is 0.383 e. The van der Waals surface area contributed by atoms with Crippen LogP contribution in [0.2, 0.25) is 0 Å². The number of hydrogen-bond acceptors (Lipinski definition) is 4. The van der Waals surface area contributed by atoms with E-state index in [2.05, 4.69) is 15.5 Å². The van der Waals surface area contributed by atoms with Crippen LogP contribution in [0.15, 0.2) is 41.2 Å². The highest BCUT2D eigenvalue weighted by Crippen LogP contribution is 2.34. The van der Waals surface area contributed by atoms with Crippen molar-refractivity contribution in [1.29, 1.82) is 0 Å². The van der Waals surface area contributed by atoms with Gasteiger partial charge in [-0.15, -0.1) is 0 Å². The minimum Gasteiger partial charge on any atom is -0.383 e. The van der Waals surface area contributed by atoms with Crippen LogP contribution >= 0.6 is 0 Å². The Morgan fingerprint density at radius 1 is 1.07 bits per heavy atom. The predicted octanol–water partition coefficient (Wildman–Crippen LogP) is 5.07. The summed E-state index contributed by atoms with van der Waals surface area (Å²) in [6.07, 6.45) is 1.69. The fraction of sp³-hybridized carbons (Fsp3) is 0.238. The number of nitrogens with zero attached hydrogens (tertiary/aromatic N) is 3. The zero-order valence-corrected chi connectivity index (χ0v) is 15.9. The second-order valence-electron chi connectivity index (χ2n) is 6.77. The summed E-state index contributed by atoms with van der Waals surface area (Å²) >= 11 is 0. The predicted molar refractivity (Wildman–Crippen MR) is 104 cm³/mol. The Morgan fingerprint density at radius 3 is 2.46 bits per heavy atom. The van der Waals surface area contributed by atoms with Gasteiger partial charge < -0.3 is 14.4 Å². The maximum absolute atomic E-state index is 13.6. The van der Waals surface area contributed by atoms with Gasteiger partial charge in [-0.2, -0.15) is 0 Å². The van der Waals surface area contributed by atoms with Crippen molar-refractivity contribution in [2.45, 2.75) is 27.3 Å². The molecule has 0 radical (unpaired) electrons. The first-order valence-electron chi connectivity index (χ1n) is 9.07. The van der Waals surface area contributed by atoms with Gasteiger partial charge in [-0.3, -0.25) is 0 Å². The molecule has 7 heteroatoms. The third kappa shape index (κ3) is 3.24. The Bertz CT molecular complexity index is 1120. The first-order valence-corrected chi connectivity index (χ1v) is 9.07. The Labute approximate surface area is 161 Å². The molecule has 5 nitrogen and oxygen atoms in total. The number of benzene rings is 2. The number of anilines is 1. The Kier molecular flexibility index (Phi) is 4.58. The van der Waals surface area contributed by atoms with Crippen LogP contribution in [0.4, 0.5) is 14.5 Å². The first kappa shape index (κ1) is 18.2. The zero-order valence-electron chi connectivity index (χ0n) is 15.9. The van der Waals surface area contributed by atoms with Crippen LogP contribution < -0.4 is 5.32 Å². The average Bonchev–Trinajstić information content (AvgIpc) is 3.18. The standard InChI is InChI=1S/C21H20F2N4O/c1-4-24-18-7-15(20-12(2)26-28-13(20)3)8-19-21(18)25-11-27(19)10-14-5-16(22)9-17(23)6-14/h5-9,11,24H,4,10H2,1-3H3. The SMILES string of the molecule is CCNc1cc(-c2c(C)noc2C)cc2c1ncn2Cc1cc(F)cc(F)c1. The molecule has 0 aliphatic carbocycles. The van der Waals surface area contributed by atoms with Crippen molar-refractivity contribution in [2.75, 3.05) is 11.9 Å². The van der Waals surface area contributed by atoms with E-state index < -0.39 is 11.6 Å². The smallest absolute Gasteiger partial charge is 0.141 e. The molecule has 0 unspecified atom stereocenters. The van der Waals surface area contributed by atoms with Crippen LogP contribution in [0, 0.1) is 25.5 Å². The van der Waals surface area contributed by atoms with Crippen molar-refractivity contribution in [3.05, 3.63) is 65.3 Å². The second kappa shape index (κ2) is 7.07. The van der Waals surface area contributed by atoms with Crippen molar-refractivity contribution in [2.24, 2.45) is 0 Å². The van der Waals surface area contributed by atoms with Gasteiger partial charge >= 0.3 is 0 Å². The molecule has 0 fully saturated rings. The highest BCUT2D eigenvalue weighted by atomic mass is 19.1. The van der Waals surface area contributed by atoms with Gasteiger partial charge in [-0.25, -0.2) is 13.8 Å². The van der Waals surface area contributed by atoms with Crippen LogP contribution in [-0.4, -0.2) is 21.3 Å². The maximum atomic E-state index is 13.6. The lowest BCUT2D eigenvalue weighted by molar-refractivity contribution is 0.393. The summed E-state index contributed by atoms with van der Waals surface area (Å²) in [7, 11) is 0. The molecule has 0 aliphatic heterocycles. The molecule has 0 bridgehead atoms. The number of aromatic nitrogens is 3. The molecule has 1 N–H and O–H groups in total. The lowest BCUT2D eigenvalue weighted by Crippen LogP contribution is -2.01. The third-order valence-electron chi connectivity index (χ3n) is 4.69. The summed E-state index contributed by atoms with van der Waals surface area (Å²) in [5.74, 6) is -0.453. The summed E-state index contributed by atoms with van der Waals surface area (Å²) in [5, 5.41) is 7.38. The van der Waals surface area contributed by atoms with Crippen LogP contribution in [-0.2, 0) is 6.54 Å². The van der Waals surface area contributed by atoms with Gasteiger partial charge in [0.05, 0.1) is 23.2 Å². The van der Waals surface area contributed by atoms with Gasteiger partial charge in [0.15, 0.2) is 0 Å².